The molecule has 0 saturated carbocycles. The van der Waals surface area contributed by atoms with Crippen LogP contribution in [0.2, 0.25) is 0 Å². The van der Waals surface area contributed by atoms with Crippen molar-refractivity contribution in [3.8, 4) is 0 Å². The number of halogens is 4. The van der Waals surface area contributed by atoms with Crippen molar-refractivity contribution >= 4 is 11.7 Å². The van der Waals surface area contributed by atoms with E-state index >= 15 is 0 Å². The molecule has 0 radical (unpaired) electrons. The molecule has 0 aliphatic carbocycles. The molecule has 168 valence electrons. The fraction of sp³-hybridized carbons (Fsp3) is 0.545. The highest BCUT2D eigenvalue weighted by Gasteiger charge is 2.47. The van der Waals surface area contributed by atoms with Crippen molar-refractivity contribution in [3.05, 3.63) is 47.4 Å². The van der Waals surface area contributed by atoms with Crippen LogP contribution < -0.4 is 5.32 Å². The van der Waals surface area contributed by atoms with Crippen LogP contribution in [-0.2, 0) is 0 Å². The summed E-state index contributed by atoms with van der Waals surface area (Å²) in [6, 6.07) is 5.52. The van der Waals surface area contributed by atoms with Crippen LogP contribution in [0, 0.1) is 11.7 Å². The Hall–Kier alpha value is -2.58. The summed E-state index contributed by atoms with van der Waals surface area (Å²) in [5.74, 6) is -0.780. The number of piperidine rings is 1. The fourth-order valence-electron chi connectivity index (χ4n) is 4.47. The number of benzene rings is 1. The molecular weight excluding hydrogens is 412 g/mol. The molecule has 1 fully saturated rings. The SMILES string of the molecule is CC(C)C1CC(C(F)(F)F)n2nc(C3CCCN(C(=O)c4ccccc4F)C3)cc2N1. The molecular formula is C22H26F4N4O. The second-order valence-electron chi connectivity index (χ2n) is 8.76. The van der Waals surface area contributed by atoms with Gasteiger partial charge in [-0.2, -0.15) is 18.3 Å². The molecule has 1 aromatic carbocycles. The van der Waals surface area contributed by atoms with Gasteiger partial charge in [-0.1, -0.05) is 26.0 Å². The highest BCUT2D eigenvalue weighted by Crippen LogP contribution is 2.42. The lowest BCUT2D eigenvalue weighted by atomic mass is 9.93. The van der Waals surface area contributed by atoms with Crippen LogP contribution in [0.4, 0.5) is 23.4 Å². The van der Waals surface area contributed by atoms with Crippen LogP contribution >= 0.6 is 0 Å². The molecule has 4 rings (SSSR count). The van der Waals surface area contributed by atoms with E-state index in [0.717, 1.165) is 4.68 Å². The Morgan fingerprint density at radius 1 is 1.26 bits per heavy atom. The van der Waals surface area contributed by atoms with Crippen LogP contribution in [0.5, 0.6) is 0 Å². The van der Waals surface area contributed by atoms with Gasteiger partial charge in [0.2, 0.25) is 0 Å². The minimum atomic E-state index is -4.40. The number of hydrogen-bond donors (Lipinski definition) is 1. The van der Waals surface area contributed by atoms with Gasteiger partial charge in [0.25, 0.3) is 5.91 Å². The maximum absolute atomic E-state index is 14.0. The molecule has 31 heavy (non-hydrogen) atoms. The minimum absolute atomic E-state index is 0.00543. The summed E-state index contributed by atoms with van der Waals surface area (Å²) >= 11 is 0. The highest BCUT2D eigenvalue weighted by atomic mass is 19.4. The van der Waals surface area contributed by atoms with Gasteiger partial charge < -0.3 is 10.2 Å². The Kier molecular flexibility index (Phi) is 5.70. The number of carbonyl (C=O) groups is 1. The molecule has 3 atom stereocenters. The molecule has 2 aliphatic heterocycles. The van der Waals surface area contributed by atoms with Gasteiger partial charge in [0, 0.05) is 31.1 Å². The molecule has 3 unspecified atom stereocenters. The van der Waals surface area contributed by atoms with Gasteiger partial charge in [-0.3, -0.25) is 4.79 Å². The lowest BCUT2D eigenvalue weighted by molar-refractivity contribution is -0.174. The Morgan fingerprint density at radius 3 is 2.68 bits per heavy atom. The van der Waals surface area contributed by atoms with Gasteiger partial charge in [0.15, 0.2) is 6.04 Å². The molecule has 9 heteroatoms. The average molecular weight is 438 g/mol. The summed E-state index contributed by atoms with van der Waals surface area (Å²) in [5, 5.41) is 7.52. The van der Waals surface area contributed by atoms with Crippen LogP contribution in [-0.4, -0.2) is 45.9 Å². The number of likely N-dealkylation sites (tertiary alicyclic amines) is 1. The molecule has 2 aromatic rings. The number of carbonyl (C=O) groups excluding carboxylic acids is 1. The van der Waals surface area contributed by atoms with Gasteiger partial charge in [-0.15, -0.1) is 0 Å². The molecule has 0 spiro atoms. The summed E-state index contributed by atoms with van der Waals surface area (Å²) in [5.41, 5.74) is 0.540. The van der Waals surface area contributed by atoms with E-state index in [-0.39, 0.29) is 29.9 Å². The second-order valence-corrected chi connectivity index (χ2v) is 8.76. The Labute approximate surface area is 178 Å². The van der Waals surface area contributed by atoms with Crippen molar-refractivity contribution in [1.82, 2.24) is 14.7 Å². The third-order valence-corrected chi connectivity index (χ3v) is 6.27. The van der Waals surface area contributed by atoms with E-state index in [1.165, 1.54) is 18.2 Å². The van der Waals surface area contributed by atoms with Crippen molar-refractivity contribution in [1.29, 1.82) is 0 Å². The van der Waals surface area contributed by atoms with Crippen LogP contribution in [0.3, 0.4) is 0 Å². The zero-order valence-corrected chi connectivity index (χ0v) is 17.5. The van der Waals surface area contributed by atoms with Gasteiger partial charge in [0.05, 0.1) is 11.3 Å². The standard InChI is InChI=1S/C22H26F4N4O/c1-13(2)17-10-19(22(24,25)26)30-20(27-17)11-18(28-30)14-6-5-9-29(12-14)21(31)15-7-3-4-8-16(15)23/h3-4,7-8,11,13-14,17,19,27H,5-6,9-10,12H2,1-2H3. The predicted octanol–water partition coefficient (Wildman–Crippen LogP) is 4.99. The lowest BCUT2D eigenvalue weighted by Gasteiger charge is -2.35. The number of anilines is 1. The number of alkyl halides is 3. The van der Waals surface area contributed by atoms with Crippen molar-refractivity contribution in [2.75, 3.05) is 18.4 Å². The van der Waals surface area contributed by atoms with E-state index in [0.29, 0.717) is 37.4 Å². The van der Waals surface area contributed by atoms with Crippen molar-refractivity contribution in [3.63, 3.8) is 0 Å². The quantitative estimate of drug-likeness (QED) is 0.688. The number of nitrogens with one attached hydrogen (secondary N) is 1. The Morgan fingerprint density at radius 2 is 2.00 bits per heavy atom. The van der Waals surface area contributed by atoms with Gasteiger partial charge in [-0.25, -0.2) is 9.07 Å². The van der Waals surface area contributed by atoms with E-state index in [4.69, 9.17) is 0 Å². The second kappa shape index (κ2) is 8.16. The van der Waals surface area contributed by atoms with E-state index < -0.39 is 23.9 Å². The molecule has 0 bridgehead atoms. The molecule has 1 amide bonds. The van der Waals surface area contributed by atoms with E-state index in [2.05, 4.69) is 10.4 Å². The predicted molar refractivity (Wildman–Crippen MR) is 108 cm³/mol. The zero-order valence-electron chi connectivity index (χ0n) is 17.5. The van der Waals surface area contributed by atoms with Gasteiger partial charge in [0.1, 0.15) is 11.6 Å². The first kappa shape index (κ1) is 21.6. The number of rotatable bonds is 3. The molecule has 5 nitrogen and oxygen atoms in total. The van der Waals surface area contributed by atoms with Crippen LogP contribution in [0.15, 0.2) is 30.3 Å². The van der Waals surface area contributed by atoms with E-state index in [9.17, 15) is 22.4 Å². The number of hydrogen-bond acceptors (Lipinski definition) is 3. The maximum atomic E-state index is 14.0. The third kappa shape index (κ3) is 4.27. The first-order valence-electron chi connectivity index (χ1n) is 10.6. The monoisotopic (exact) mass is 438 g/mol. The normalized spacial score (nSPS) is 24.1. The lowest BCUT2D eigenvalue weighted by Crippen LogP contribution is -2.41. The number of amides is 1. The number of nitrogens with zero attached hydrogens (tertiary/aromatic N) is 3. The number of aromatic nitrogens is 2. The minimum Gasteiger partial charge on any atom is -0.367 e. The molecule has 2 aliphatic rings. The molecule has 3 heterocycles. The Bertz CT molecular complexity index is 955. The first-order valence-corrected chi connectivity index (χ1v) is 10.6. The summed E-state index contributed by atoms with van der Waals surface area (Å²) < 4.78 is 56.3. The molecule has 1 N–H and O–H groups in total. The highest BCUT2D eigenvalue weighted by molar-refractivity contribution is 5.94. The summed E-state index contributed by atoms with van der Waals surface area (Å²) in [7, 11) is 0. The van der Waals surface area contributed by atoms with Crippen molar-refractivity contribution in [2.24, 2.45) is 5.92 Å². The van der Waals surface area contributed by atoms with Crippen molar-refractivity contribution < 1.29 is 22.4 Å². The first-order chi connectivity index (χ1) is 14.6. The molecule has 1 aromatic heterocycles. The molecule has 1 saturated heterocycles. The number of fused-ring (bicyclic) bond motifs is 1. The zero-order chi connectivity index (χ0) is 22.3. The van der Waals surface area contributed by atoms with Crippen LogP contribution in [0.25, 0.3) is 0 Å². The average Bonchev–Trinajstić information content (AvgIpc) is 3.16. The van der Waals surface area contributed by atoms with E-state index in [1.807, 2.05) is 13.8 Å². The van der Waals surface area contributed by atoms with Crippen molar-refractivity contribution in [2.45, 2.75) is 57.3 Å². The summed E-state index contributed by atoms with van der Waals surface area (Å²) in [6.07, 6.45) is -3.08. The fourth-order valence-corrected chi connectivity index (χ4v) is 4.47. The summed E-state index contributed by atoms with van der Waals surface area (Å²) in [6.45, 7) is 4.57. The van der Waals surface area contributed by atoms with Gasteiger partial charge >= 0.3 is 6.18 Å². The third-order valence-electron chi connectivity index (χ3n) is 6.27. The topological polar surface area (TPSA) is 50.2 Å². The maximum Gasteiger partial charge on any atom is 0.410 e. The Balaban J connectivity index is 1.58. The van der Waals surface area contributed by atoms with Gasteiger partial charge in [-0.05, 0) is 37.3 Å². The largest absolute Gasteiger partial charge is 0.410 e. The smallest absolute Gasteiger partial charge is 0.367 e. The van der Waals surface area contributed by atoms with Crippen LogP contribution in [0.1, 0.15) is 61.1 Å². The summed E-state index contributed by atoms with van der Waals surface area (Å²) in [4.78, 5) is 14.4. The van der Waals surface area contributed by atoms with E-state index in [1.54, 1.807) is 17.0 Å².